The van der Waals surface area contributed by atoms with Crippen LogP contribution in [0, 0.1) is 10.8 Å². The molecule has 40 heavy (non-hydrogen) atoms. The first-order chi connectivity index (χ1) is 18.5. The third kappa shape index (κ3) is 10.4. The molecule has 0 aliphatic rings. The van der Waals surface area contributed by atoms with Gasteiger partial charge < -0.3 is 14.7 Å². The van der Waals surface area contributed by atoms with Crippen LogP contribution >= 0.6 is 0 Å². The number of carbonyl (C=O) groups excluding carboxylic acids is 5. The zero-order valence-electron chi connectivity index (χ0n) is 24.4. The molecule has 0 aliphatic carbocycles. The van der Waals surface area contributed by atoms with E-state index in [1.54, 1.807) is 24.3 Å². The second kappa shape index (κ2) is 14.2. The summed E-state index contributed by atoms with van der Waals surface area (Å²) in [5.74, 6) is 0.856. The van der Waals surface area contributed by atoms with Gasteiger partial charge in [0.1, 0.15) is 22.8 Å². The van der Waals surface area contributed by atoms with Crippen LogP contribution in [0.1, 0.15) is 71.4 Å². The third-order valence-corrected chi connectivity index (χ3v) is 6.30. The molecule has 0 atom stereocenters. The summed E-state index contributed by atoms with van der Waals surface area (Å²) in [5.41, 5.74) is 1.61. The number of ether oxygens (including phenoxy) is 1. The van der Waals surface area contributed by atoms with E-state index in [-0.39, 0.29) is 40.4 Å². The van der Waals surface area contributed by atoms with E-state index in [4.69, 9.17) is 23.9 Å². The molecule has 2 aromatic carbocycles. The molecule has 1 N–H and O–H groups in total. The summed E-state index contributed by atoms with van der Waals surface area (Å²) in [6.07, 6.45) is 0.500. The Balaban J connectivity index is 0.00000122. The average Bonchev–Trinajstić information content (AvgIpc) is 2.82. The second-order valence-corrected chi connectivity index (χ2v) is 12.0. The van der Waals surface area contributed by atoms with Crippen LogP contribution < -0.4 is 4.74 Å². The molecule has 214 valence electrons. The molecule has 0 unspecified atom stereocenters. The number of hydrogen-bond donors (Lipinski definition) is 1. The minimum absolute atomic E-state index is 0.0320. The van der Waals surface area contributed by atoms with Crippen LogP contribution in [-0.2, 0) is 25.7 Å². The number of aromatic nitrogens is 1. The van der Waals surface area contributed by atoms with Gasteiger partial charge in [-0.1, -0.05) is 59.7 Å². The number of amides is 1. The molecule has 0 fully saturated rings. The zero-order chi connectivity index (χ0) is 30.7. The van der Waals surface area contributed by atoms with Gasteiger partial charge in [0, 0.05) is 23.9 Å². The first-order valence-electron chi connectivity index (χ1n) is 12.6. The summed E-state index contributed by atoms with van der Waals surface area (Å²) in [7, 11) is 0. The molecule has 0 bridgehead atoms. The van der Waals surface area contributed by atoms with Gasteiger partial charge in [-0.3, -0.25) is 4.79 Å². The van der Waals surface area contributed by atoms with E-state index in [1.165, 1.54) is 0 Å². The fourth-order valence-corrected chi connectivity index (χ4v) is 3.54. The summed E-state index contributed by atoms with van der Waals surface area (Å²) in [5, 5.41) is 10.5. The second-order valence-electron chi connectivity index (χ2n) is 12.0. The van der Waals surface area contributed by atoms with Gasteiger partial charge in [0.15, 0.2) is 0 Å². The Hall–Kier alpha value is -4.32. The first kappa shape index (κ1) is 33.7. The largest absolute Gasteiger partial charge is 0.508 e. The van der Waals surface area contributed by atoms with Crippen LogP contribution in [0.4, 0.5) is 0 Å². The fraction of sp³-hybridized carbons (Fsp3) is 0.419. The summed E-state index contributed by atoms with van der Waals surface area (Å²) < 4.78 is 6.36. The maximum absolute atomic E-state index is 13.6. The Morgan fingerprint density at radius 2 is 1.48 bits per heavy atom. The number of phenolic OH excluding ortho intramolecular Hbond substituents is 1. The number of pyridine rings is 1. The van der Waals surface area contributed by atoms with Crippen LogP contribution in [0.5, 0.6) is 11.5 Å². The fourth-order valence-electron chi connectivity index (χ4n) is 3.54. The summed E-state index contributed by atoms with van der Waals surface area (Å²) in [6, 6.07) is 16.5. The zero-order valence-corrected chi connectivity index (χ0v) is 24.4. The molecule has 1 amide bonds. The normalized spacial score (nSPS) is 11.1. The van der Waals surface area contributed by atoms with Gasteiger partial charge in [0.2, 0.25) is 0 Å². The summed E-state index contributed by atoms with van der Waals surface area (Å²) >= 11 is 0. The van der Waals surface area contributed by atoms with Gasteiger partial charge in [-0.05, 0) is 61.2 Å². The highest BCUT2D eigenvalue weighted by Gasteiger charge is 2.35. The summed E-state index contributed by atoms with van der Waals surface area (Å²) in [6.45, 7) is 18.1. The van der Waals surface area contributed by atoms with Crippen molar-refractivity contribution >= 4 is 29.1 Å². The molecule has 1 heterocycles. The molecule has 0 aliphatic heterocycles. The van der Waals surface area contributed by atoms with Gasteiger partial charge in [-0.25, -0.2) is 4.98 Å². The SMILES string of the molecule is CC(C)(C)CN(Cc1cccc(OC(C)(C)C(C)(C)C)c1)C(=O)c1ccc2cc(O)ccc2n1.O=C=O.O=C=O. The lowest BCUT2D eigenvalue weighted by atomic mass is 9.79. The molecule has 3 aromatic rings. The van der Waals surface area contributed by atoms with E-state index >= 15 is 0 Å². The topological polar surface area (TPSA) is 131 Å². The number of aromatic hydroxyl groups is 1. The van der Waals surface area contributed by atoms with Crippen molar-refractivity contribution < 1.29 is 33.8 Å². The van der Waals surface area contributed by atoms with Crippen molar-refractivity contribution in [3.8, 4) is 11.5 Å². The van der Waals surface area contributed by atoms with Gasteiger partial charge in [0.25, 0.3) is 5.91 Å². The number of nitrogens with zero attached hydrogens (tertiary/aromatic N) is 2. The number of benzene rings is 2. The Morgan fingerprint density at radius 1 is 0.875 bits per heavy atom. The van der Waals surface area contributed by atoms with Crippen LogP contribution in [0.3, 0.4) is 0 Å². The highest BCUT2D eigenvalue weighted by molar-refractivity contribution is 5.95. The highest BCUT2D eigenvalue weighted by atomic mass is 16.5. The maximum atomic E-state index is 13.6. The van der Waals surface area contributed by atoms with E-state index in [0.717, 1.165) is 16.7 Å². The quantitative estimate of drug-likeness (QED) is 0.416. The molecule has 0 spiro atoms. The van der Waals surface area contributed by atoms with Crippen LogP contribution in [0.15, 0.2) is 54.6 Å². The number of rotatable bonds is 6. The monoisotopic (exact) mass is 550 g/mol. The van der Waals surface area contributed by atoms with Crippen molar-refractivity contribution in [3.63, 3.8) is 0 Å². The van der Waals surface area contributed by atoms with Crippen molar-refractivity contribution in [2.45, 2.75) is 67.5 Å². The van der Waals surface area contributed by atoms with Crippen LogP contribution in [0.25, 0.3) is 10.9 Å². The van der Waals surface area contributed by atoms with E-state index in [9.17, 15) is 9.90 Å². The minimum Gasteiger partial charge on any atom is -0.508 e. The standard InChI is InChI=1S/C29H38N2O3.2CO2/c1-27(2,3)19-31(26(33)25-14-12-21-17-22(32)13-15-24(21)30-25)18-20-10-9-11-23(16-20)34-29(7,8)28(4,5)6;2*2-1-3/h9-17,32H,18-19H2,1-8H3;;. The molecule has 9 heteroatoms. The maximum Gasteiger partial charge on any atom is 0.373 e. The predicted octanol–water partition coefficient (Wildman–Crippen LogP) is 5.67. The smallest absolute Gasteiger partial charge is 0.373 e. The van der Waals surface area contributed by atoms with Crippen molar-refractivity contribution in [1.82, 2.24) is 9.88 Å². The number of phenols is 1. The Kier molecular flexibility index (Phi) is 11.9. The first-order valence-corrected chi connectivity index (χ1v) is 12.6. The van der Waals surface area contributed by atoms with E-state index in [2.05, 4.69) is 60.4 Å². The summed E-state index contributed by atoms with van der Waals surface area (Å²) in [4.78, 5) is 52.5. The molecule has 0 saturated carbocycles. The highest BCUT2D eigenvalue weighted by Crippen LogP contribution is 2.34. The lowest BCUT2D eigenvalue weighted by molar-refractivity contribution is -0.193. The number of fused-ring (bicyclic) bond motifs is 1. The van der Waals surface area contributed by atoms with Gasteiger partial charge in [-0.15, -0.1) is 0 Å². The number of carbonyl (C=O) groups is 1. The van der Waals surface area contributed by atoms with Crippen molar-refractivity contribution in [2.24, 2.45) is 10.8 Å². The number of hydrogen-bond acceptors (Lipinski definition) is 8. The van der Waals surface area contributed by atoms with Crippen molar-refractivity contribution in [3.05, 3.63) is 65.9 Å². The molecular formula is C31H38N2O7. The Bertz CT molecular complexity index is 1340. The van der Waals surface area contributed by atoms with Crippen molar-refractivity contribution in [1.29, 1.82) is 0 Å². The van der Waals surface area contributed by atoms with Gasteiger partial charge in [-0.2, -0.15) is 19.2 Å². The molecule has 0 saturated heterocycles. The lowest BCUT2D eigenvalue weighted by Crippen LogP contribution is -2.42. The minimum atomic E-state index is -0.351. The molecule has 9 nitrogen and oxygen atoms in total. The third-order valence-electron chi connectivity index (χ3n) is 6.30. The van der Waals surface area contributed by atoms with Crippen molar-refractivity contribution in [2.75, 3.05) is 6.54 Å². The Labute approximate surface area is 235 Å². The molecule has 0 radical (unpaired) electrons. The lowest BCUT2D eigenvalue weighted by Gasteiger charge is -2.39. The van der Waals surface area contributed by atoms with E-state index in [1.807, 2.05) is 35.2 Å². The van der Waals surface area contributed by atoms with Crippen LogP contribution in [0.2, 0.25) is 0 Å². The molecule has 1 aromatic heterocycles. The van der Waals surface area contributed by atoms with E-state index < -0.39 is 0 Å². The molecular weight excluding hydrogens is 512 g/mol. The predicted molar refractivity (Wildman–Crippen MR) is 148 cm³/mol. The van der Waals surface area contributed by atoms with Gasteiger partial charge >= 0.3 is 12.3 Å². The van der Waals surface area contributed by atoms with Crippen LogP contribution in [-0.4, -0.2) is 45.3 Å². The van der Waals surface area contributed by atoms with Gasteiger partial charge in [0.05, 0.1) is 5.52 Å². The van der Waals surface area contributed by atoms with E-state index in [0.29, 0.717) is 24.3 Å². The molecule has 3 rings (SSSR count). The average molecular weight is 551 g/mol. The Morgan fingerprint density at radius 3 is 2.02 bits per heavy atom.